The third kappa shape index (κ3) is 2.89. The predicted octanol–water partition coefficient (Wildman–Crippen LogP) is 3.81. The van der Waals surface area contributed by atoms with Crippen molar-refractivity contribution in [2.75, 3.05) is 0 Å². The number of rotatable bonds is 5. The van der Waals surface area contributed by atoms with Gasteiger partial charge in [-0.05, 0) is 41.2 Å². The van der Waals surface area contributed by atoms with Gasteiger partial charge in [0.1, 0.15) is 0 Å². The zero-order chi connectivity index (χ0) is 13.0. The smallest absolute Gasteiger partial charge is 0.303 e. The fourth-order valence-corrected chi connectivity index (χ4v) is 2.34. The SMILES string of the molecule is CCc1cc(CCCC(=O)O)cc2ccccc12. The number of benzene rings is 2. The summed E-state index contributed by atoms with van der Waals surface area (Å²) >= 11 is 0. The summed E-state index contributed by atoms with van der Waals surface area (Å²) in [6, 6.07) is 12.8. The van der Waals surface area contributed by atoms with Gasteiger partial charge >= 0.3 is 5.97 Å². The number of aliphatic carboxylic acids is 1. The lowest BCUT2D eigenvalue weighted by Gasteiger charge is -2.08. The van der Waals surface area contributed by atoms with Crippen molar-refractivity contribution in [3.8, 4) is 0 Å². The highest BCUT2D eigenvalue weighted by Crippen LogP contribution is 2.22. The molecule has 0 saturated carbocycles. The quantitative estimate of drug-likeness (QED) is 0.865. The number of hydrogen-bond acceptors (Lipinski definition) is 1. The third-order valence-electron chi connectivity index (χ3n) is 3.24. The van der Waals surface area contributed by atoms with Crippen LogP contribution in [0.4, 0.5) is 0 Å². The van der Waals surface area contributed by atoms with E-state index in [4.69, 9.17) is 5.11 Å². The van der Waals surface area contributed by atoms with Crippen molar-refractivity contribution in [2.24, 2.45) is 0 Å². The molecule has 0 aliphatic heterocycles. The molecule has 0 heterocycles. The number of aryl methyl sites for hydroxylation is 2. The Balaban J connectivity index is 2.26. The maximum absolute atomic E-state index is 10.5. The molecule has 0 saturated heterocycles. The van der Waals surface area contributed by atoms with E-state index in [1.807, 2.05) is 6.07 Å². The molecule has 0 atom stereocenters. The van der Waals surface area contributed by atoms with Gasteiger partial charge in [-0.3, -0.25) is 4.79 Å². The zero-order valence-electron chi connectivity index (χ0n) is 10.6. The van der Waals surface area contributed by atoms with Crippen molar-refractivity contribution in [2.45, 2.75) is 32.6 Å². The van der Waals surface area contributed by atoms with E-state index in [0.717, 1.165) is 12.8 Å². The van der Waals surface area contributed by atoms with Crippen LogP contribution >= 0.6 is 0 Å². The first-order valence-electron chi connectivity index (χ1n) is 6.43. The maximum atomic E-state index is 10.5. The summed E-state index contributed by atoms with van der Waals surface area (Å²) < 4.78 is 0. The van der Waals surface area contributed by atoms with Crippen LogP contribution in [0.25, 0.3) is 10.8 Å². The number of carboxylic acid groups (broad SMARTS) is 1. The Morgan fingerprint density at radius 1 is 1.22 bits per heavy atom. The number of fused-ring (bicyclic) bond motifs is 1. The van der Waals surface area contributed by atoms with Gasteiger partial charge in [0.25, 0.3) is 0 Å². The second kappa shape index (κ2) is 5.67. The summed E-state index contributed by atoms with van der Waals surface area (Å²) in [4.78, 5) is 10.5. The summed E-state index contributed by atoms with van der Waals surface area (Å²) in [5.74, 6) is -0.716. The van der Waals surface area contributed by atoms with Crippen LogP contribution in [0.15, 0.2) is 36.4 Å². The number of carboxylic acids is 1. The molecule has 0 aromatic heterocycles. The van der Waals surface area contributed by atoms with Gasteiger partial charge in [-0.1, -0.05) is 43.3 Å². The lowest BCUT2D eigenvalue weighted by Crippen LogP contribution is -1.96. The van der Waals surface area contributed by atoms with Crippen molar-refractivity contribution >= 4 is 16.7 Å². The molecule has 0 fully saturated rings. The van der Waals surface area contributed by atoms with Crippen LogP contribution < -0.4 is 0 Å². The average Bonchev–Trinajstić information content (AvgIpc) is 2.37. The van der Waals surface area contributed by atoms with Crippen molar-refractivity contribution in [1.82, 2.24) is 0 Å². The number of carbonyl (C=O) groups is 1. The normalized spacial score (nSPS) is 10.7. The zero-order valence-corrected chi connectivity index (χ0v) is 10.6. The second-order valence-electron chi connectivity index (χ2n) is 4.58. The van der Waals surface area contributed by atoms with Crippen molar-refractivity contribution in [3.63, 3.8) is 0 Å². The maximum Gasteiger partial charge on any atom is 0.303 e. The lowest BCUT2D eigenvalue weighted by molar-refractivity contribution is -0.137. The Bertz CT molecular complexity index is 558. The van der Waals surface area contributed by atoms with Gasteiger partial charge < -0.3 is 5.11 Å². The molecule has 2 heteroatoms. The summed E-state index contributed by atoms with van der Waals surface area (Å²) in [6.45, 7) is 2.16. The molecule has 94 valence electrons. The minimum Gasteiger partial charge on any atom is -0.481 e. The fraction of sp³-hybridized carbons (Fsp3) is 0.312. The van der Waals surface area contributed by atoms with E-state index in [1.54, 1.807) is 0 Å². The van der Waals surface area contributed by atoms with Gasteiger partial charge in [-0.25, -0.2) is 0 Å². The largest absolute Gasteiger partial charge is 0.481 e. The van der Waals surface area contributed by atoms with E-state index in [9.17, 15) is 4.79 Å². The molecule has 18 heavy (non-hydrogen) atoms. The first-order chi connectivity index (χ1) is 8.70. The van der Waals surface area contributed by atoms with E-state index in [-0.39, 0.29) is 6.42 Å². The van der Waals surface area contributed by atoms with E-state index >= 15 is 0 Å². The van der Waals surface area contributed by atoms with E-state index in [1.165, 1.54) is 21.9 Å². The van der Waals surface area contributed by atoms with Gasteiger partial charge in [0.2, 0.25) is 0 Å². The van der Waals surface area contributed by atoms with Gasteiger partial charge in [-0.15, -0.1) is 0 Å². The highest BCUT2D eigenvalue weighted by molar-refractivity contribution is 5.86. The summed E-state index contributed by atoms with van der Waals surface area (Å²) in [5, 5.41) is 11.2. The summed E-state index contributed by atoms with van der Waals surface area (Å²) in [6.07, 6.45) is 2.79. The molecule has 2 nitrogen and oxygen atoms in total. The molecule has 0 amide bonds. The van der Waals surface area contributed by atoms with Crippen molar-refractivity contribution < 1.29 is 9.90 Å². The highest BCUT2D eigenvalue weighted by Gasteiger charge is 2.04. The van der Waals surface area contributed by atoms with Crippen LogP contribution in [0, 0.1) is 0 Å². The first kappa shape index (κ1) is 12.6. The molecule has 2 rings (SSSR count). The van der Waals surface area contributed by atoms with Gasteiger partial charge in [0.15, 0.2) is 0 Å². The molecular weight excluding hydrogens is 224 g/mol. The lowest BCUT2D eigenvalue weighted by atomic mass is 9.97. The van der Waals surface area contributed by atoms with Crippen LogP contribution in [0.3, 0.4) is 0 Å². The first-order valence-corrected chi connectivity index (χ1v) is 6.43. The summed E-state index contributed by atoms with van der Waals surface area (Å²) in [5.41, 5.74) is 2.59. The topological polar surface area (TPSA) is 37.3 Å². The van der Waals surface area contributed by atoms with E-state index < -0.39 is 5.97 Å². The van der Waals surface area contributed by atoms with Crippen LogP contribution in [-0.4, -0.2) is 11.1 Å². The van der Waals surface area contributed by atoms with Crippen molar-refractivity contribution in [3.05, 3.63) is 47.5 Å². The minimum atomic E-state index is -0.716. The van der Waals surface area contributed by atoms with Crippen LogP contribution in [0.2, 0.25) is 0 Å². The second-order valence-corrected chi connectivity index (χ2v) is 4.58. The molecule has 0 aliphatic carbocycles. The van der Waals surface area contributed by atoms with E-state index in [0.29, 0.717) is 6.42 Å². The highest BCUT2D eigenvalue weighted by atomic mass is 16.4. The van der Waals surface area contributed by atoms with Crippen LogP contribution in [0.5, 0.6) is 0 Å². The Morgan fingerprint density at radius 3 is 2.72 bits per heavy atom. The van der Waals surface area contributed by atoms with Crippen LogP contribution in [0.1, 0.15) is 30.9 Å². The fourth-order valence-electron chi connectivity index (χ4n) is 2.34. The van der Waals surface area contributed by atoms with Crippen molar-refractivity contribution in [1.29, 1.82) is 0 Å². The monoisotopic (exact) mass is 242 g/mol. The molecule has 2 aromatic carbocycles. The number of hydrogen-bond donors (Lipinski definition) is 1. The van der Waals surface area contributed by atoms with Gasteiger partial charge in [0, 0.05) is 6.42 Å². The molecule has 2 aromatic rings. The van der Waals surface area contributed by atoms with Crippen LogP contribution in [-0.2, 0) is 17.6 Å². The molecule has 0 unspecified atom stereocenters. The minimum absolute atomic E-state index is 0.244. The Labute approximate surface area is 107 Å². The van der Waals surface area contributed by atoms with Gasteiger partial charge in [-0.2, -0.15) is 0 Å². The van der Waals surface area contributed by atoms with E-state index in [2.05, 4.69) is 37.3 Å². The Kier molecular flexibility index (Phi) is 3.98. The van der Waals surface area contributed by atoms with Gasteiger partial charge in [0.05, 0.1) is 0 Å². The Hall–Kier alpha value is -1.83. The predicted molar refractivity (Wildman–Crippen MR) is 73.9 cm³/mol. The Morgan fingerprint density at radius 2 is 2.00 bits per heavy atom. The molecular formula is C16H18O2. The molecule has 0 bridgehead atoms. The average molecular weight is 242 g/mol. The third-order valence-corrected chi connectivity index (χ3v) is 3.24. The standard InChI is InChI=1S/C16H18O2/c1-2-13-10-12(6-5-9-16(17)18)11-14-7-3-4-8-15(13)14/h3-4,7-8,10-11H,2,5-6,9H2,1H3,(H,17,18). The molecule has 1 N–H and O–H groups in total. The molecule has 0 aliphatic rings. The molecule has 0 radical (unpaired) electrons. The molecule has 0 spiro atoms. The summed E-state index contributed by atoms with van der Waals surface area (Å²) in [7, 11) is 0.